The lowest BCUT2D eigenvalue weighted by atomic mass is 10.2. The number of benzene rings is 1. The van der Waals surface area contributed by atoms with Gasteiger partial charge in [-0.1, -0.05) is 11.6 Å². The molecule has 82 valence electrons. The first-order chi connectivity index (χ1) is 6.73. The standard InChI is InChI=1S/C7H2ClF3INO2/c8-5-2-3(12)1-4(7(9,10)11)6(5)13(14)15/h1-2H. The molecule has 1 aromatic carbocycles. The molecule has 0 bridgehead atoms. The number of alkyl halides is 3. The van der Waals surface area contributed by atoms with Crippen LogP contribution in [0, 0.1) is 13.7 Å². The summed E-state index contributed by atoms with van der Waals surface area (Å²) in [5.74, 6) is 0. The molecule has 1 rings (SSSR count). The molecule has 0 aromatic heterocycles. The number of halogens is 5. The van der Waals surface area contributed by atoms with Gasteiger partial charge in [0.1, 0.15) is 10.6 Å². The Labute approximate surface area is 101 Å². The van der Waals surface area contributed by atoms with Gasteiger partial charge in [0.2, 0.25) is 0 Å². The SMILES string of the molecule is O=[N+]([O-])c1c(Cl)cc(I)cc1C(F)(F)F. The summed E-state index contributed by atoms with van der Waals surface area (Å²) in [5, 5.41) is 9.90. The predicted octanol–water partition coefficient (Wildman–Crippen LogP) is 3.87. The van der Waals surface area contributed by atoms with Gasteiger partial charge in [-0.3, -0.25) is 10.1 Å². The van der Waals surface area contributed by atoms with Gasteiger partial charge in [-0.15, -0.1) is 0 Å². The van der Waals surface area contributed by atoms with Crippen LogP contribution in [0.1, 0.15) is 5.56 Å². The minimum Gasteiger partial charge on any atom is -0.258 e. The van der Waals surface area contributed by atoms with Gasteiger partial charge in [-0.05, 0) is 34.7 Å². The second-order valence-corrected chi connectivity index (χ2v) is 4.19. The van der Waals surface area contributed by atoms with Crippen molar-refractivity contribution in [1.29, 1.82) is 0 Å². The van der Waals surface area contributed by atoms with Crippen LogP contribution in [-0.2, 0) is 6.18 Å². The molecule has 0 N–H and O–H groups in total. The van der Waals surface area contributed by atoms with Crippen LogP contribution in [-0.4, -0.2) is 4.92 Å². The first-order valence-corrected chi connectivity index (χ1v) is 4.90. The highest BCUT2D eigenvalue weighted by Crippen LogP contribution is 2.40. The van der Waals surface area contributed by atoms with Crippen LogP contribution in [0.4, 0.5) is 18.9 Å². The quantitative estimate of drug-likeness (QED) is 0.438. The first-order valence-electron chi connectivity index (χ1n) is 3.44. The molecular formula is C7H2ClF3INO2. The van der Waals surface area contributed by atoms with Gasteiger partial charge >= 0.3 is 6.18 Å². The topological polar surface area (TPSA) is 43.1 Å². The van der Waals surface area contributed by atoms with Crippen molar-refractivity contribution < 1.29 is 18.1 Å². The summed E-state index contributed by atoms with van der Waals surface area (Å²) < 4.78 is 37.4. The molecule has 0 aliphatic rings. The van der Waals surface area contributed by atoms with Crippen molar-refractivity contribution in [3.8, 4) is 0 Å². The number of rotatable bonds is 1. The first kappa shape index (κ1) is 12.5. The molecule has 0 saturated heterocycles. The number of hydrogen-bond donors (Lipinski definition) is 0. The minimum absolute atomic E-state index is 0.190. The fourth-order valence-electron chi connectivity index (χ4n) is 0.968. The van der Waals surface area contributed by atoms with Gasteiger partial charge in [0.15, 0.2) is 0 Å². The van der Waals surface area contributed by atoms with Crippen LogP contribution in [0.2, 0.25) is 5.02 Å². The fourth-order valence-corrected chi connectivity index (χ4v) is 2.06. The Hall–Kier alpha value is -0.570. The van der Waals surface area contributed by atoms with E-state index < -0.39 is 27.4 Å². The van der Waals surface area contributed by atoms with E-state index in [0.29, 0.717) is 6.07 Å². The van der Waals surface area contributed by atoms with E-state index in [-0.39, 0.29) is 3.57 Å². The second kappa shape index (κ2) is 4.12. The zero-order chi connectivity index (χ0) is 11.8. The lowest BCUT2D eigenvalue weighted by Crippen LogP contribution is -2.09. The van der Waals surface area contributed by atoms with Gasteiger partial charge in [0.05, 0.1) is 4.92 Å². The molecule has 0 spiro atoms. The molecule has 1 aromatic rings. The van der Waals surface area contributed by atoms with Crippen molar-refractivity contribution in [3.63, 3.8) is 0 Å². The summed E-state index contributed by atoms with van der Waals surface area (Å²) in [4.78, 5) is 9.28. The van der Waals surface area contributed by atoms with Crippen molar-refractivity contribution in [2.45, 2.75) is 6.18 Å². The molecule has 15 heavy (non-hydrogen) atoms. The molecule has 3 nitrogen and oxygen atoms in total. The van der Waals surface area contributed by atoms with E-state index in [2.05, 4.69) is 0 Å². The second-order valence-electron chi connectivity index (χ2n) is 2.54. The van der Waals surface area contributed by atoms with E-state index in [4.69, 9.17) is 11.6 Å². The third-order valence-electron chi connectivity index (χ3n) is 1.52. The van der Waals surface area contributed by atoms with Crippen molar-refractivity contribution in [2.75, 3.05) is 0 Å². The van der Waals surface area contributed by atoms with E-state index in [0.717, 1.165) is 6.07 Å². The van der Waals surface area contributed by atoms with Crippen LogP contribution in [0.5, 0.6) is 0 Å². The van der Waals surface area contributed by atoms with Crippen LogP contribution in [0.3, 0.4) is 0 Å². The number of nitrogens with zero attached hydrogens (tertiary/aromatic N) is 1. The molecule has 0 aliphatic heterocycles. The Bertz CT molecular complexity index is 421. The Morgan fingerprint density at radius 1 is 1.40 bits per heavy atom. The molecule has 0 atom stereocenters. The summed E-state index contributed by atoms with van der Waals surface area (Å²) in [6.07, 6.45) is -4.78. The number of hydrogen-bond acceptors (Lipinski definition) is 2. The van der Waals surface area contributed by atoms with Crippen LogP contribution < -0.4 is 0 Å². The molecule has 0 aliphatic carbocycles. The maximum absolute atomic E-state index is 12.4. The lowest BCUT2D eigenvalue weighted by molar-refractivity contribution is -0.387. The Morgan fingerprint density at radius 3 is 2.33 bits per heavy atom. The highest BCUT2D eigenvalue weighted by molar-refractivity contribution is 14.1. The summed E-state index contributed by atoms with van der Waals surface area (Å²) in [7, 11) is 0. The van der Waals surface area contributed by atoms with Crippen molar-refractivity contribution in [2.24, 2.45) is 0 Å². The van der Waals surface area contributed by atoms with Crippen molar-refractivity contribution in [1.82, 2.24) is 0 Å². The normalized spacial score (nSPS) is 11.5. The van der Waals surface area contributed by atoms with Gasteiger partial charge < -0.3 is 0 Å². The maximum Gasteiger partial charge on any atom is 0.423 e. The third kappa shape index (κ3) is 2.71. The number of nitro benzene ring substituents is 1. The van der Waals surface area contributed by atoms with Crippen molar-refractivity contribution >= 4 is 39.9 Å². The maximum atomic E-state index is 12.4. The highest BCUT2D eigenvalue weighted by Gasteiger charge is 2.40. The average Bonchev–Trinajstić information content (AvgIpc) is 1.99. The average molecular weight is 351 g/mol. The molecule has 8 heteroatoms. The van der Waals surface area contributed by atoms with Crippen LogP contribution in [0.15, 0.2) is 12.1 Å². The van der Waals surface area contributed by atoms with E-state index in [1.54, 1.807) is 22.6 Å². The van der Waals surface area contributed by atoms with Crippen LogP contribution >= 0.6 is 34.2 Å². The van der Waals surface area contributed by atoms with Gasteiger partial charge in [-0.2, -0.15) is 13.2 Å². The molecule has 0 radical (unpaired) electrons. The van der Waals surface area contributed by atoms with Crippen molar-refractivity contribution in [3.05, 3.63) is 36.4 Å². The Kier molecular flexibility index (Phi) is 3.44. The molecule has 0 amide bonds. The summed E-state index contributed by atoms with van der Waals surface area (Å²) >= 11 is 6.99. The van der Waals surface area contributed by atoms with Gasteiger partial charge in [0.25, 0.3) is 5.69 Å². The summed E-state index contributed by atoms with van der Waals surface area (Å²) in [6, 6.07) is 1.79. The Morgan fingerprint density at radius 2 is 1.93 bits per heavy atom. The van der Waals surface area contributed by atoms with E-state index in [9.17, 15) is 23.3 Å². The zero-order valence-electron chi connectivity index (χ0n) is 6.81. The smallest absolute Gasteiger partial charge is 0.258 e. The predicted molar refractivity (Wildman–Crippen MR) is 55.8 cm³/mol. The zero-order valence-corrected chi connectivity index (χ0v) is 9.72. The largest absolute Gasteiger partial charge is 0.423 e. The molecule has 0 unspecified atom stereocenters. The molecular weight excluding hydrogens is 349 g/mol. The van der Waals surface area contributed by atoms with Gasteiger partial charge in [0, 0.05) is 3.57 Å². The highest BCUT2D eigenvalue weighted by atomic mass is 127. The lowest BCUT2D eigenvalue weighted by Gasteiger charge is -2.08. The monoisotopic (exact) mass is 351 g/mol. The van der Waals surface area contributed by atoms with Gasteiger partial charge in [-0.25, -0.2) is 0 Å². The Balaban J connectivity index is 3.54. The fraction of sp³-hybridized carbons (Fsp3) is 0.143. The summed E-state index contributed by atoms with van der Waals surface area (Å²) in [6.45, 7) is 0. The van der Waals surface area contributed by atoms with Crippen LogP contribution in [0.25, 0.3) is 0 Å². The van der Waals surface area contributed by atoms with E-state index >= 15 is 0 Å². The van der Waals surface area contributed by atoms with E-state index in [1.165, 1.54) is 0 Å². The molecule has 0 saturated carbocycles. The number of nitro groups is 1. The van der Waals surface area contributed by atoms with E-state index in [1.807, 2.05) is 0 Å². The third-order valence-corrected chi connectivity index (χ3v) is 2.43. The molecule has 0 fully saturated rings. The summed E-state index contributed by atoms with van der Waals surface area (Å²) in [5.41, 5.74) is -2.44. The molecule has 0 heterocycles. The minimum atomic E-state index is -4.78.